The Morgan fingerprint density at radius 1 is 1.50 bits per heavy atom. The zero-order valence-corrected chi connectivity index (χ0v) is 14.3. The minimum absolute atomic E-state index is 0.0474. The van der Waals surface area contributed by atoms with E-state index in [1.54, 1.807) is 0 Å². The highest BCUT2D eigenvalue weighted by atomic mass is 35.5. The van der Waals surface area contributed by atoms with Crippen LogP contribution in [0.15, 0.2) is 11.0 Å². The summed E-state index contributed by atoms with van der Waals surface area (Å²) in [5.41, 5.74) is -1.35. The van der Waals surface area contributed by atoms with Crippen LogP contribution in [0.4, 0.5) is 0 Å². The van der Waals surface area contributed by atoms with Gasteiger partial charge in [0.25, 0.3) is 0 Å². The van der Waals surface area contributed by atoms with Crippen LogP contribution < -0.4 is 4.72 Å². The molecular weight excluding hydrogens is 345 g/mol. The number of hydrogen-bond donors (Lipinski definition) is 1. The standard InChI is InChI=1S/C11H15Cl2NO4S2/c1-4-5-11(2,10(15)18-3)14-20(16,17)7-6-8(12)19-9(7)13/h6,14H,4-5H2,1-3H3. The van der Waals surface area contributed by atoms with Gasteiger partial charge >= 0.3 is 5.97 Å². The Morgan fingerprint density at radius 3 is 2.50 bits per heavy atom. The van der Waals surface area contributed by atoms with Crippen LogP contribution in [0.25, 0.3) is 0 Å². The van der Waals surface area contributed by atoms with Crippen molar-refractivity contribution < 1.29 is 17.9 Å². The summed E-state index contributed by atoms with van der Waals surface area (Å²) in [6.07, 6.45) is 0.903. The van der Waals surface area contributed by atoms with Crippen molar-refractivity contribution in [3.63, 3.8) is 0 Å². The molecule has 0 amide bonds. The molecule has 0 aliphatic heterocycles. The van der Waals surface area contributed by atoms with Crippen LogP contribution in [-0.4, -0.2) is 27.0 Å². The van der Waals surface area contributed by atoms with Gasteiger partial charge in [-0.15, -0.1) is 11.3 Å². The quantitative estimate of drug-likeness (QED) is 0.792. The van der Waals surface area contributed by atoms with Gasteiger partial charge in [0.1, 0.15) is 14.8 Å². The van der Waals surface area contributed by atoms with Crippen LogP contribution in [0.1, 0.15) is 26.7 Å². The number of esters is 1. The normalized spacial score (nSPS) is 14.8. The highest BCUT2D eigenvalue weighted by molar-refractivity contribution is 7.89. The van der Waals surface area contributed by atoms with Gasteiger partial charge in [-0.25, -0.2) is 8.42 Å². The molecule has 0 aliphatic rings. The molecule has 9 heteroatoms. The molecule has 0 saturated heterocycles. The fourth-order valence-corrected chi connectivity index (χ4v) is 5.32. The lowest BCUT2D eigenvalue weighted by Gasteiger charge is -2.27. The van der Waals surface area contributed by atoms with Crippen LogP contribution in [0.2, 0.25) is 8.67 Å². The minimum atomic E-state index is -3.96. The van der Waals surface area contributed by atoms with Gasteiger partial charge in [-0.3, -0.25) is 4.79 Å². The largest absolute Gasteiger partial charge is 0.468 e. The van der Waals surface area contributed by atoms with E-state index in [0.717, 1.165) is 11.3 Å². The van der Waals surface area contributed by atoms with E-state index in [1.807, 2.05) is 6.92 Å². The molecule has 1 aromatic rings. The molecule has 1 atom stereocenters. The maximum absolute atomic E-state index is 12.3. The molecule has 1 heterocycles. The zero-order chi connectivity index (χ0) is 15.6. The number of rotatable bonds is 6. The molecule has 0 bridgehead atoms. The Morgan fingerprint density at radius 2 is 2.10 bits per heavy atom. The number of methoxy groups -OCH3 is 1. The maximum Gasteiger partial charge on any atom is 0.326 e. The molecule has 1 N–H and O–H groups in total. The third-order valence-electron chi connectivity index (χ3n) is 2.66. The minimum Gasteiger partial charge on any atom is -0.468 e. The van der Waals surface area contributed by atoms with E-state index in [9.17, 15) is 13.2 Å². The first-order chi connectivity index (χ1) is 9.16. The SMILES string of the molecule is CCCC(C)(NS(=O)(=O)c1cc(Cl)sc1Cl)C(=O)OC. The van der Waals surface area contributed by atoms with E-state index >= 15 is 0 Å². The summed E-state index contributed by atoms with van der Waals surface area (Å²) < 4.78 is 32.0. The summed E-state index contributed by atoms with van der Waals surface area (Å²) in [6.45, 7) is 3.31. The Labute approximate surface area is 132 Å². The second-order valence-electron chi connectivity index (χ2n) is 4.37. The molecule has 0 radical (unpaired) electrons. The van der Waals surface area contributed by atoms with Gasteiger partial charge in [0, 0.05) is 0 Å². The van der Waals surface area contributed by atoms with Gasteiger partial charge in [0.05, 0.1) is 11.4 Å². The first kappa shape index (κ1) is 17.7. The average Bonchev–Trinajstić information content (AvgIpc) is 2.67. The van der Waals surface area contributed by atoms with Crippen molar-refractivity contribution in [1.82, 2.24) is 4.72 Å². The lowest BCUT2D eigenvalue weighted by Crippen LogP contribution is -2.52. The van der Waals surface area contributed by atoms with E-state index in [0.29, 0.717) is 12.8 Å². The topological polar surface area (TPSA) is 72.5 Å². The predicted molar refractivity (Wildman–Crippen MR) is 80.0 cm³/mol. The first-order valence-electron chi connectivity index (χ1n) is 5.73. The summed E-state index contributed by atoms with van der Waals surface area (Å²) in [5, 5.41) is 0. The number of ether oxygens (including phenoxy) is 1. The van der Waals surface area contributed by atoms with Crippen molar-refractivity contribution in [2.24, 2.45) is 0 Å². The molecule has 1 unspecified atom stereocenters. The number of thiophene rings is 1. The summed E-state index contributed by atoms with van der Waals surface area (Å²) in [5.74, 6) is -0.652. The third kappa shape index (κ3) is 3.85. The van der Waals surface area contributed by atoms with Crippen LogP contribution in [0.3, 0.4) is 0 Å². The van der Waals surface area contributed by atoms with Gasteiger partial charge in [-0.2, -0.15) is 4.72 Å². The van der Waals surface area contributed by atoms with Gasteiger partial charge in [0.2, 0.25) is 10.0 Å². The van der Waals surface area contributed by atoms with Crippen molar-refractivity contribution >= 4 is 50.5 Å². The summed E-state index contributed by atoms with van der Waals surface area (Å²) >= 11 is 12.5. The molecule has 5 nitrogen and oxygen atoms in total. The summed E-state index contributed by atoms with van der Waals surface area (Å²) in [7, 11) is -2.75. The molecule has 0 saturated carbocycles. The number of sulfonamides is 1. The van der Waals surface area contributed by atoms with Crippen LogP contribution in [0.5, 0.6) is 0 Å². The Hall–Kier alpha value is -0.340. The second-order valence-corrected chi connectivity index (χ2v) is 8.30. The highest BCUT2D eigenvalue weighted by Crippen LogP contribution is 2.35. The number of carbonyl (C=O) groups excluding carboxylic acids is 1. The van der Waals surface area contributed by atoms with Crippen molar-refractivity contribution in [3.8, 4) is 0 Å². The summed E-state index contributed by atoms with van der Waals surface area (Å²) in [4.78, 5) is 11.7. The van der Waals surface area contributed by atoms with E-state index in [1.165, 1.54) is 20.1 Å². The molecule has 0 aromatic carbocycles. The molecule has 114 valence electrons. The Bertz CT molecular complexity index is 600. The Balaban J connectivity index is 3.16. The van der Waals surface area contributed by atoms with Gasteiger partial charge in [0.15, 0.2) is 0 Å². The number of halogens is 2. The van der Waals surface area contributed by atoms with E-state index in [-0.39, 0.29) is 13.6 Å². The Kier molecular flexibility index (Phi) is 5.86. The molecule has 20 heavy (non-hydrogen) atoms. The van der Waals surface area contributed by atoms with Crippen LogP contribution in [-0.2, 0) is 19.6 Å². The number of hydrogen-bond acceptors (Lipinski definition) is 5. The first-order valence-corrected chi connectivity index (χ1v) is 8.79. The number of nitrogens with one attached hydrogen (secondary N) is 1. The van der Waals surface area contributed by atoms with Crippen molar-refractivity contribution in [3.05, 3.63) is 14.7 Å². The fraction of sp³-hybridized carbons (Fsp3) is 0.545. The predicted octanol–water partition coefficient (Wildman–Crippen LogP) is 3.07. The molecule has 1 rings (SSSR count). The highest BCUT2D eigenvalue weighted by Gasteiger charge is 2.39. The maximum atomic E-state index is 12.3. The van der Waals surface area contributed by atoms with E-state index in [2.05, 4.69) is 9.46 Å². The van der Waals surface area contributed by atoms with Crippen LogP contribution >= 0.6 is 34.5 Å². The molecule has 0 spiro atoms. The lowest BCUT2D eigenvalue weighted by molar-refractivity contribution is -0.147. The van der Waals surface area contributed by atoms with Gasteiger partial charge in [-0.05, 0) is 19.4 Å². The van der Waals surface area contributed by atoms with Crippen molar-refractivity contribution in [1.29, 1.82) is 0 Å². The second kappa shape index (κ2) is 6.62. The molecule has 0 aliphatic carbocycles. The third-order valence-corrected chi connectivity index (χ3v) is 6.01. The monoisotopic (exact) mass is 359 g/mol. The van der Waals surface area contributed by atoms with Crippen molar-refractivity contribution in [2.45, 2.75) is 37.1 Å². The van der Waals surface area contributed by atoms with E-state index < -0.39 is 21.5 Å². The molecule has 1 aromatic heterocycles. The smallest absolute Gasteiger partial charge is 0.326 e. The fourth-order valence-electron chi connectivity index (χ4n) is 1.78. The average molecular weight is 360 g/mol. The van der Waals surface area contributed by atoms with E-state index in [4.69, 9.17) is 23.2 Å². The summed E-state index contributed by atoms with van der Waals surface area (Å²) in [6, 6.07) is 1.25. The lowest BCUT2D eigenvalue weighted by atomic mass is 9.98. The van der Waals surface area contributed by atoms with Crippen molar-refractivity contribution in [2.75, 3.05) is 7.11 Å². The van der Waals surface area contributed by atoms with Gasteiger partial charge in [-0.1, -0.05) is 36.5 Å². The molecule has 0 fully saturated rings. The molecular formula is C11H15Cl2NO4S2. The zero-order valence-electron chi connectivity index (χ0n) is 11.2. The van der Waals surface area contributed by atoms with Gasteiger partial charge < -0.3 is 4.74 Å². The number of carbonyl (C=O) groups is 1. The van der Waals surface area contributed by atoms with Crippen LogP contribution in [0, 0.1) is 0 Å².